The summed E-state index contributed by atoms with van der Waals surface area (Å²) >= 11 is 0. The van der Waals surface area contributed by atoms with E-state index in [4.69, 9.17) is 60.9 Å². The van der Waals surface area contributed by atoms with Gasteiger partial charge in [-0.05, 0) is 71.0 Å². The molecule has 135 heavy (non-hydrogen) atoms. The van der Waals surface area contributed by atoms with Gasteiger partial charge in [0.2, 0.25) is 11.8 Å². The number of benzene rings is 7. The van der Waals surface area contributed by atoms with Gasteiger partial charge in [-0.2, -0.15) is 0 Å². The molecule has 9 rings (SSSR count). The summed E-state index contributed by atoms with van der Waals surface area (Å²) in [7, 11) is -4.78. The first kappa shape index (κ1) is 111. The molecular weight excluding hydrogens is 1710 g/mol. The monoisotopic (exact) mass is 1880 g/mol. The van der Waals surface area contributed by atoms with Crippen LogP contribution in [-0.4, -0.2) is 111 Å². The van der Waals surface area contributed by atoms with Crippen molar-refractivity contribution in [2.24, 2.45) is 0 Å². The Morgan fingerprint density at radius 2 is 0.615 bits per heavy atom. The maximum Gasteiger partial charge on any atom is 0.475 e. The van der Waals surface area contributed by atoms with Gasteiger partial charge in [0.25, 0.3) is 0 Å². The van der Waals surface area contributed by atoms with E-state index in [0.29, 0.717) is 43.6 Å². The van der Waals surface area contributed by atoms with Crippen LogP contribution in [0.25, 0.3) is 0 Å². The molecule has 0 unspecified atom stereocenters. The lowest BCUT2D eigenvalue weighted by Gasteiger charge is -2.48. The minimum Gasteiger partial charge on any atom is -0.462 e. The van der Waals surface area contributed by atoms with Crippen molar-refractivity contribution in [3.8, 4) is 0 Å². The summed E-state index contributed by atoms with van der Waals surface area (Å²) in [5, 5.41) is 6.90. The van der Waals surface area contributed by atoms with Crippen LogP contribution < -0.4 is 10.6 Å². The van der Waals surface area contributed by atoms with Crippen LogP contribution in [0.4, 0.5) is 0 Å². The highest BCUT2D eigenvalue weighted by molar-refractivity contribution is 7.48. The molecule has 0 radical (unpaired) electrons. The van der Waals surface area contributed by atoms with Crippen LogP contribution in [-0.2, 0) is 126 Å². The van der Waals surface area contributed by atoms with Gasteiger partial charge < -0.3 is 58.0 Å². The standard InChI is InChI=1S/C115H169N2O17P/c1-5-9-13-17-21-25-26-27-31-35-39-64-82-123-114-108(116-105(118)83-101(124-86-95-67-49-41-50-68-95)79-61-36-32-28-22-18-14-10-6-2)112(126-88-97-71-53-43-54-72-97)110(125-87-96-69-51-42-52-70-96)104(133-114)93-128-115-109(117-106(119)84-102(80-62-37-33-29-23-19-15-11-7-3)131-107(120)81-63-38-34-30-24-20-16-12-8-4)113(127-89-98-73-55-44-56-74-98)111(103(132-115)92-122-85-94-65-47-40-48-66-94)134-135(121,129-90-99-75-57-45-58-76-99)130-91-100-77-59-46-60-78-100/h40-60,65-78,101-104,108-115H,5-39,61-64,79-93H2,1-4H3,(H,116,118)(H,117,119)/t101-,102-,103-,104-,108+,109+,110-,111-,112-,113-,114+,115-/m1/s1. The number of phosphoric acid groups is 1. The van der Waals surface area contributed by atoms with E-state index >= 15 is 14.2 Å². The Bertz CT molecular complexity index is 4080. The maximum atomic E-state index is 16.4. The topological polar surface area (TPSA) is 212 Å². The highest BCUT2D eigenvalue weighted by Gasteiger charge is 2.54. The van der Waals surface area contributed by atoms with Crippen molar-refractivity contribution >= 4 is 25.6 Å². The first-order valence-corrected chi connectivity index (χ1v) is 54.2. The second-order valence-electron chi connectivity index (χ2n) is 37.4. The van der Waals surface area contributed by atoms with E-state index in [1.54, 1.807) is 0 Å². The van der Waals surface area contributed by atoms with Crippen LogP contribution in [0.1, 0.15) is 349 Å². The highest BCUT2D eigenvalue weighted by atomic mass is 31.2. The molecule has 0 saturated carbocycles. The molecule has 20 heteroatoms. The van der Waals surface area contributed by atoms with Gasteiger partial charge in [0.15, 0.2) is 12.6 Å². The number of nitrogens with one attached hydrogen (secondary N) is 2. The fraction of sp³-hybridized carbons (Fsp3) is 0.609. The summed E-state index contributed by atoms with van der Waals surface area (Å²) < 4.78 is 108. The van der Waals surface area contributed by atoms with Crippen LogP contribution in [0.5, 0.6) is 0 Å². The van der Waals surface area contributed by atoms with Crippen molar-refractivity contribution in [2.75, 3.05) is 19.8 Å². The fourth-order valence-electron chi connectivity index (χ4n) is 17.9. The molecule has 0 aliphatic carbocycles. The SMILES string of the molecule is CCCCCCCCCCCCCCO[C@H]1O[C@H](CO[C@@H]2O[C@H](COCc3ccccc3)[C@@H](OP(=O)(OCc3ccccc3)OCc3ccccc3)[C@H](OCc3ccccc3)[C@@H]2NC(=O)C[C@@H](CCCCCCCCCCC)OC(=O)CCCCCCCCCCC)[C@@H](OCc2ccccc2)[C@H](OCc2ccccc2)[C@@H]1NC(=O)C[C@@H](CCCCCCCCCCC)OCc1ccccc1. The number of carbonyl (C=O) groups excluding carboxylic acids is 3. The lowest BCUT2D eigenvalue weighted by Crippen LogP contribution is -2.68. The molecule has 0 spiro atoms. The second-order valence-corrected chi connectivity index (χ2v) is 39.1. The summed E-state index contributed by atoms with van der Waals surface area (Å²) in [6, 6.07) is 66.0. The minimum absolute atomic E-state index is 0.0359. The highest BCUT2D eigenvalue weighted by Crippen LogP contribution is 2.54. The fourth-order valence-corrected chi connectivity index (χ4v) is 19.3. The Kier molecular flexibility index (Phi) is 58.0. The van der Waals surface area contributed by atoms with Crippen LogP contribution in [0.2, 0.25) is 0 Å². The molecule has 2 aliphatic heterocycles. The molecule has 2 saturated heterocycles. The second kappa shape index (κ2) is 70.3. The molecular formula is C115H169N2O17P. The molecule has 12 atom stereocenters. The largest absolute Gasteiger partial charge is 0.475 e. The van der Waals surface area contributed by atoms with Gasteiger partial charge in [0, 0.05) is 13.0 Å². The Morgan fingerprint density at radius 3 is 1.01 bits per heavy atom. The van der Waals surface area contributed by atoms with Crippen molar-refractivity contribution in [1.29, 1.82) is 0 Å². The van der Waals surface area contributed by atoms with E-state index in [9.17, 15) is 4.79 Å². The number of hydrogen-bond donors (Lipinski definition) is 2. The summed E-state index contributed by atoms with van der Waals surface area (Å²) in [6.45, 7) is 9.15. The third-order valence-corrected chi connectivity index (χ3v) is 27.2. The minimum atomic E-state index is -4.78. The van der Waals surface area contributed by atoms with E-state index < -0.39 is 87.2 Å². The molecule has 2 aliphatic rings. The van der Waals surface area contributed by atoms with Gasteiger partial charge >= 0.3 is 13.8 Å². The lowest BCUT2D eigenvalue weighted by atomic mass is 9.94. The van der Waals surface area contributed by atoms with Gasteiger partial charge in [-0.1, -0.05) is 471 Å². The number of carbonyl (C=O) groups is 3. The number of hydrogen-bond acceptors (Lipinski definition) is 17. The van der Waals surface area contributed by atoms with Gasteiger partial charge in [0.05, 0.1) is 78.4 Å². The lowest BCUT2D eigenvalue weighted by molar-refractivity contribution is -0.315. The third-order valence-electron chi connectivity index (χ3n) is 25.8. The Morgan fingerprint density at radius 1 is 0.311 bits per heavy atom. The summed E-state index contributed by atoms with van der Waals surface area (Å²) in [5.41, 5.74) is 5.88. The zero-order valence-electron chi connectivity index (χ0n) is 82.7. The first-order chi connectivity index (χ1) is 66.5. The molecule has 2 N–H and O–H groups in total. The number of unbranched alkanes of at least 4 members (excludes halogenated alkanes) is 35. The number of ether oxygens (including phenoxy) is 10. The van der Waals surface area contributed by atoms with Gasteiger partial charge in [-0.15, -0.1) is 0 Å². The van der Waals surface area contributed by atoms with E-state index in [-0.39, 0.29) is 84.0 Å². The zero-order chi connectivity index (χ0) is 94.7. The van der Waals surface area contributed by atoms with Crippen LogP contribution in [0, 0.1) is 0 Å². The van der Waals surface area contributed by atoms with Crippen LogP contribution in [0.3, 0.4) is 0 Å². The van der Waals surface area contributed by atoms with Crippen LogP contribution in [0.15, 0.2) is 212 Å². The van der Waals surface area contributed by atoms with E-state index in [1.807, 2.05) is 200 Å². The maximum absolute atomic E-state index is 16.4. The van der Waals surface area contributed by atoms with Gasteiger partial charge in [-0.25, -0.2) is 4.57 Å². The molecule has 7 aromatic carbocycles. The molecule has 746 valence electrons. The smallest absolute Gasteiger partial charge is 0.462 e. The van der Waals surface area contributed by atoms with Crippen molar-refractivity contribution in [2.45, 2.75) is 430 Å². The van der Waals surface area contributed by atoms with Crippen molar-refractivity contribution in [3.63, 3.8) is 0 Å². The number of rotatable bonds is 78. The molecule has 7 aromatic rings. The average Bonchev–Trinajstić information content (AvgIpc) is 0.774. The Hall–Kier alpha value is -7.30. The van der Waals surface area contributed by atoms with Crippen molar-refractivity contribution in [3.05, 3.63) is 251 Å². The van der Waals surface area contributed by atoms with E-state index in [2.05, 4.69) is 50.5 Å². The zero-order valence-corrected chi connectivity index (χ0v) is 83.6. The third kappa shape index (κ3) is 47.0. The molecule has 2 heterocycles. The summed E-state index contributed by atoms with van der Waals surface area (Å²) in [4.78, 5) is 46.0. The average molecular weight is 1880 g/mol. The first-order valence-electron chi connectivity index (χ1n) is 52.7. The molecule has 19 nitrogen and oxygen atoms in total. The summed E-state index contributed by atoms with van der Waals surface area (Å²) in [6.07, 6.45) is 34.5. The van der Waals surface area contributed by atoms with Crippen molar-refractivity contribution < 1.29 is 79.9 Å². The number of esters is 1. The predicted octanol–water partition coefficient (Wildman–Crippen LogP) is 28.1. The molecule has 0 aromatic heterocycles. The molecule has 0 bridgehead atoms. The van der Waals surface area contributed by atoms with Crippen LogP contribution >= 0.6 is 7.82 Å². The van der Waals surface area contributed by atoms with Crippen molar-refractivity contribution in [1.82, 2.24) is 10.6 Å². The quantitative estimate of drug-likeness (QED) is 0.0206. The number of amides is 2. The molecule has 2 amide bonds. The predicted molar refractivity (Wildman–Crippen MR) is 540 cm³/mol. The van der Waals surface area contributed by atoms with Gasteiger partial charge in [-0.3, -0.25) is 28.0 Å². The molecule has 2 fully saturated rings. The van der Waals surface area contributed by atoms with E-state index in [0.717, 1.165) is 124 Å². The van der Waals surface area contributed by atoms with E-state index in [1.165, 1.54) is 148 Å². The Labute approximate surface area is 812 Å². The normalized spacial score (nSPS) is 18.9. The summed E-state index contributed by atoms with van der Waals surface area (Å²) in [5.74, 6) is -1.07. The van der Waals surface area contributed by atoms with Gasteiger partial charge in [0.1, 0.15) is 54.8 Å². The Balaban J connectivity index is 1.12. The number of phosphoric ester groups is 1.